The van der Waals surface area contributed by atoms with Crippen LogP contribution in [0, 0.1) is 0 Å². The predicted octanol–water partition coefficient (Wildman–Crippen LogP) is 3.35. The quantitative estimate of drug-likeness (QED) is 0.680. The highest BCUT2D eigenvalue weighted by molar-refractivity contribution is 7.90. The second kappa shape index (κ2) is 5.09. The molecule has 3 rings (SSSR count). The minimum atomic E-state index is -3.21. The fraction of sp³-hybridized carbons (Fsp3) is 0.0667. The van der Waals surface area contributed by atoms with Gasteiger partial charge < -0.3 is 0 Å². The van der Waals surface area contributed by atoms with Crippen molar-refractivity contribution in [2.45, 2.75) is 4.90 Å². The van der Waals surface area contributed by atoms with E-state index in [4.69, 9.17) is 11.6 Å². The van der Waals surface area contributed by atoms with Crippen LogP contribution in [-0.4, -0.2) is 24.6 Å². The summed E-state index contributed by atoms with van der Waals surface area (Å²) in [6.07, 6.45) is 2.87. The van der Waals surface area contributed by atoms with Crippen molar-refractivity contribution in [1.29, 1.82) is 0 Å². The number of halogens is 1. The first-order chi connectivity index (χ1) is 9.95. The van der Waals surface area contributed by atoms with E-state index in [2.05, 4.69) is 9.97 Å². The van der Waals surface area contributed by atoms with Crippen LogP contribution in [0.4, 0.5) is 0 Å². The third-order valence-corrected chi connectivity index (χ3v) is 4.45. The maximum atomic E-state index is 11.5. The first-order valence-electron chi connectivity index (χ1n) is 6.17. The Hall–Kier alpha value is -1.98. The Labute approximate surface area is 127 Å². The van der Waals surface area contributed by atoms with Crippen LogP contribution < -0.4 is 0 Å². The van der Waals surface area contributed by atoms with E-state index >= 15 is 0 Å². The molecule has 1 aromatic carbocycles. The van der Waals surface area contributed by atoms with Gasteiger partial charge in [0, 0.05) is 29.5 Å². The Morgan fingerprint density at radius 1 is 1.10 bits per heavy atom. The molecule has 0 aliphatic heterocycles. The Morgan fingerprint density at radius 2 is 1.81 bits per heavy atom. The second-order valence-electron chi connectivity index (χ2n) is 4.66. The molecule has 0 radical (unpaired) electrons. The molecule has 0 atom stereocenters. The van der Waals surface area contributed by atoms with Gasteiger partial charge >= 0.3 is 0 Å². The van der Waals surface area contributed by atoms with Crippen LogP contribution in [0.1, 0.15) is 0 Å². The number of aromatic nitrogens is 2. The maximum absolute atomic E-state index is 11.5. The SMILES string of the molecule is CS(=O)(=O)c1ccc(-c2nc(Cl)cc3ncccc23)cc1. The summed E-state index contributed by atoms with van der Waals surface area (Å²) in [5.41, 5.74) is 2.23. The van der Waals surface area contributed by atoms with E-state index in [9.17, 15) is 8.42 Å². The predicted molar refractivity (Wildman–Crippen MR) is 83.1 cm³/mol. The minimum absolute atomic E-state index is 0.274. The van der Waals surface area contributed by atoms with Crippen molar-refractivity contribution < 1.29 is 8.42 Å². The molecular formula is C15H11ClN2O2S. The summed E-state index contributed by atoms with van der Waals surface area (Å²) in [6.45, 7) is 0. The van der Waals surface area contributed by atoms with Crippen LogP contribution in [-0.2, 0) is 9.84 Å². The van der Waals surface area contributed by atoms with E-state index in [0.29, 0.717) is 10.8 Å². The summed E-state index contributed by atoms with van der Waals surface area (Å²) < 4.78 is 23.0. The van der Waals surface area contributed by atoms with Crippen molar-refractivity contribution in [2.75, 3.05) is 6.26 Å². The fourth-order valence-corrected chi connectivity index (χ4v) is 2.94. The summed E-state index contributed by atoms with van der Waals surface area (Å²) in [5.74, 6) is 0. The molecule has 4 nitrogen and oxygen atoms in total. The first-order valence-corrected chi connectivity index (χ1v) is 8.44. The molecule has 0 bridgehead atoms. The summed E-state index contributed by atoms with van der Waals surface area (Å²) in [7, 11) is -3.21. The third kappa shape index (κ3) is 2.75. The molecule has 6 heteroatoms. The first kappa shape index (κ1) is 14.0. The van der Waals surface area contributed by atoms with Crippen LogP contribution in [0.15, 0.2) is 53.6 Å². The van der Waals surface area contributed by atoms with Crippen LogP contribution in [0.3, 0.4) is 0 Å². The number of benzene rings is 1. The van der Waals surface area contributed by atoms with Crippen LogP contribution >= 0.6 is 11.6 Å². The van der Waals surface area contributed by atoms with Crippen molar-refractivity contribution >= 4 is 32.3 Å². The summed E-state index contributed by atoms with van der Waals surface area (Å²) in [5, 5.41) is 1.22. The largest absolute Gasteiger partial charge is 0.256 e. The molecule has 21 heavy (non-hydrogen) atoms. The van der Waals surface area contributed by atoms with Crippen LogP contribution in [0.5, 0.6) is 0 Å². The monoisotopic (exact) mass is 318 g/mol. The molecular weight excluding hydrogens is 308 g/mol. The summed E-state index contributed by atoms with van der Waals surface area (Å²) >= 11 is 6.03. The zero-order valence-corrected chi connectivity index (χ0v) is 12.7. The van der Waals surface area contributed by atoms with Gasteiger partial charge in [-0.1, -0.05) is 23.7 Å². The van der Waals surface area contributed by atoms with Gasteiger partial charge in [0.05, 0.1) is 16.1 Å². The van der Waals surface area contributed by atoms with E-state index in [1.54, 1.807) is 36.5 Å². The molecule has 106 valence electrons. The molecule has 0 N–H and O–H groups in total. The zero-order chi connectivity index (χ0) is 15.0. The van der Waals surface area contributed by atoms with Crippen LogP contribution in [0.2, 0.25) is 5.15 Å². The average Bonchev–Trinajstić information content (AvgIpc) is 2.45. The van der Waals surface area contributed by atoms with Crippen molar-refractivity contribution in [1.82, 2.24) is 9.97 Å². The highest BCUT2D eigenvalue weighted by Crippen LogP contribution is 2.28. The number of sulfone groups is 1. The highest BCUT2D eigenvalue weighted by atomic mass is 35.5. The van der Waals surface area contributed by atoms with E-state index in [1.807, 2.05) is 12.1 Å². The van der Waals surface area contributed by atoms with Gasteiger partial charge in [-0.25, -0.2) is 13.4 Å². The van der Waals surface area contributed by atoms with Crippen molar-refractivity contribution in [3.8, 4) is 11.3 Å². The second-order valence-corrected chi connectivity index (χ2v) is 7.06. The molecule has 0 spiro atoms. The minimum Gasteiger partial charge on any atom is -0.256 e. The molecule has 0 aliphatic carbocycles. The van der Waals surface area contributed by atoms with Gasteiger partial charge in [-0.3, -0.25) is 4.98 Å². The number of hydrogen-bond donors (Lipinski definition) is 0. The number of nitrogens with zero attached hydrogens (tertiary/aromatic N) is 2. The lowest BCUT2D eigenvalue weighted by molar-refractivity contribution is 0.602. The molecule has 2 aromatic heterocycles. The van der Waals surface area contributed by atoms with Gasteiger partial charge in [-0.15, -0.1) is 0 Å². The van der Waals surface area contributed by atoms with E-state index in [-0.39, 0.29) is 4.90 Å². The maximum Gasteiger partial charge on any atom is 0.175 e. The van der Waals surface area contributed by atoms with Gasteiger partial charge in [-0.05, 0) is 24.3 Å². The Morgan fingerprint density at radius 3 is 2.48 bits per heavy atom. The lowest BCUT2D eigenvalue weighted by Crippen LogP contribution is -1.96. The summed E-state index contributed by atoms with van der Waals surface area (Å²) in [6, 6.07) is 12.0. The number of hydrogen-bond acceptors (Lipinski definition) is 4. The van der Waals surface area contributed by atoms with E-state index < -0.39 is 9.84 Å². The van der Waals surface area contributed by atoms with Gasteiger partial charge in [0.25, 0.3) is 0 Å². The van der Waals surface area contributed by atoms with Gasteiger partial charge in [-0.2, -0.15) is 0 Å². The Balaban J connectivity index is 2.21. The van der Waals surface area contributed by atoms with Crippen molar-refractivity contribution in [3.63, 3.8) is 0 Å². The average molecular weight is 319 g/mol. The molecule has 0 fully saturated rings. The van der Waals surface area contributed by atoms with Crippen LogP contribution in [0.25, 0.3) is 22.2 Å². The smallest absolute Gasteiger partial charge is 0.175 e. The standard InChI is InChI=1S/C15H11ClN2O2S/c1-21(19,20)11-6-4-10(5-7-11)15-12-3-2-8-17-13(12)9-14(16)18-15/h2-9H,1H3. The molecule has 0 aliphatic rings. The molecule has 0 saturated carbocycles. The number of pyridine rings is 2. The summed E-state index contributed by atoms with van der Waals surface area (Å²) in [4.78, 5) is 8.88. The third-order valence-electron chi connectivity index (χ3n) is 3.12. The van der Waals surface area contributed by atoms with E-state index in [0.717, 1.165) is 16.5 Å². The molecule has 2 heterocycles. The van der Waals surface area contributed by atoms with Gasteiger partial charge in [0.1, 0.15) is 5.15 Å². The van der Waals surface area contributed by atoms with E-state index in [1.165, 1.54) is 6.26 Å². The molecule has 3 aromatic rings. The van der Waals surface area contributed by atoms with Gasteiger partial charge in [0.15, 0.2) is 9.84 Å². The lowest BCUT2D eigenvalue weighted by atomic mass is 10.1. The molecule has 0 saturated heterocycles. The fourth-order valence-electron chi connectivity index (χ4n) is 2.12. The van der Waals surface area contributed by atoms with Crippen molar-refractivity contribution in [3.05, 3.63) is 53.8 Å². The Kier molecular flexibility index (Phi) is 3.39. The topological polar surface area (TPSA) is 59.9 Å². The van der Waals surface area contributed by atoms with Gasteiger partial charge in [0.2, 0.25) is 0 Å². The lowest BCUT2D eigenvalue weighted by Gasteiger charge is -2.07. The molecule has 0 unspecified atom stereocenters. The molecule has 0 amide bonds. The normalized spacial score (nSPS) is 11.7. The number of fused-ring (bicyclic) bond motifs is 1. The highest BCUT2D eigenvalue weighted by Gasteiger charge is 2.11. The number of rotatable bonds is 2. The zero-order valence-electron chi connectivity index (χ0n) is 11.1. The Bertz CT molecular complexity index is 922. The van der Waals surface area contributed by atoms with Crippen molar-refractivity contribution in [2.24, 2.45) is 0 Å².